The van der Waals surface area contributed by atoms with Crippen LogP contribution < -0.4 is 0 Å². The van der Waals surface area contributed by atoms with Gasteiger partial charge in [0.05, 0.1) is 15.9 Å². The Bertz CT molecular complexity index is 1220. The highest BCUT2D eigenvalue weighted by atomic mass is 32.2. The zero-order valence-electron chi connectivity index (χ0n) is 53.4. The molecule has 0 spiro atoms. The number of rotatable bonds is 67. The number of aliphatic hydroxyl groups excluding tert-OH is 1. The lowest BCUT2D eigenvalue weighted by Crippen LogP contribution is -2.41. The van der Waals surface area contributed by atoms with E-state index in [1.165, 1.54) is 347 Å². The molecule has 464 valence electrons. The highest BCUT2D eigenvalue weighted by Crippen LogP contribution is 2.22. The van der Waals surface area contributed by atoms with Crippen molar-refractivity contribution in [1.82, 2.24) is 0 Å². The average Bonchev–Trinajstić information content (AvgIpc) is 3.42. The van der Waals surface area contributed by atoms with Gasteiger partial charge in [0.15, 0.2) is 0 Å². The van der Waals surface area contributed by atoms with Crippen LogP contribution in [0.15, 0.2) is 36.8 Å². The molecule has 0 aromatic heterocycles. The molecule has 0 bridgehead atoms. The third-order valence-electron chi connectivity index (χ3n) is 17.0. The fourth-order valence-corrected chi connectivity index (χ4v) is 12.4. The molecule has 0 aliphatic heterocycles. The number of quaternary nitrogens is 1. The van der Waals surface area contributed by atoms with Crippen LogP contribution in [0.3, 0.4) is 0 Å². The van der Waals surface area contributed by atoms with Gasteiger partial charge in [0.2, 0.25) is 0 Å². The zero-order chi connectivity index (χ0) is 56.7. The summed E-state index contributed by atoms with van der Waals surface area (Å²) in [6.07, 6.45) is 93.3. The van der Waals surface area contributed by atoms with Gasteiger partial charge in [0.1, 0.15) is 31.2 Å². The van der Waals surface area contributed by atoms with E-state index in [-0.39, 0.29) is 11.0 Å². The first-order valence-corrected chi connectivity index (χ1v) is 37.4. The molecule has 1 unspecified atom stereocenters. The van der Waals surface area contributed by atoms with Gasteiger partial charge in [-0.05, 0) is 56.8 Å². The number of allylic oxidation sites excluding steroid dienone is 3. The minimum atomic E-state index is -4.55. The van der Waals surface area contributed by atoms with E-state index in [4.69, 9.17) is 0 Å². The van der Waals surface area contributed by atoms with Gasteiger partial charge < -0.3 is 9.66 Å². The van der Waals surface area contributed by atoms with Crippen molar-refractivity contribution in [2.24, 2.45) is 0 Å². The standard InChI is InChI=1S/C72H141NO4S/c1-4-7-10-13-16-19-22-25-28-31-34-37-40-43-46-49-52-55-58-61-64-67-73(70-72(74)71-78(75,76)77,68-65-62-59-56-53-50-47-44-41-38-35-32-29-26-23-20-17-14-11-8-5-2)69-66-63-60-57-54-51-48-45-42-39-36-33-30-27-24-21-18-15-12-9-6-3/h64-69,72,74H,4-63,70-71H2,1-3H3/b67-64+,68-65+,69-66+. The normalized spacial score (nSPS) is 12.9. The Hall–Kier alpha value is -0.950. The maximum atomic E-state index is 11.8. The fraction of sp³-hybridized carbons (Fsp3) is 0.917. The van der Waals surface area contributed by atoms with Crippen molar-refractivity contribution in [2.45, 2.75) is 412 Å². The highest BCUT2D eigenvalue weighted by Gasteiger charge is 2.25. The molecule has 0 saturated heterocycles. The van der Waals surface area contributed by atoms with Crippen LogP contribution in [0, 0.1) is 0 Å². The third kappa shape index (κ3) is 62.6. The second-order valence-corrected chi connectivity index (χ2v) is 26.6. The molecule has 0 aliphatic carbocycles. The molecule has 0 saturated carbocycles. The minimum Gasteiger partial charge on any atom is -0.748 e. The molecule has 0 aromatic rings. The Labute approximate surface area is 491 Å². The van der Waals surface area contributed by atoms with Gasteiger partial charge in [0.25, 0.3) is 0 Å². The largest absolute Gasteiger partial charge is 0.748 e. The van der Waals surface area contributed by atoms with Crippen LogP contribution in [0.1, 0.15) is 406 Å². The Morgan fingerprint density at radius 2 is 0.449 bits per heavy atom. The van der Waals surface area contributed by atoms with E-state index >= 15 is 0 Å². The molecule has 0 amide bonds. The van der Waals surface area contributed by atoms with E-state index in [0.29, 0.717) is 0 Å². The quantitative estimate of drug-likeness (QED) is 0.0374. The molecule has 1 N–H and O–H groups in total. The number of hydrogen-bond acceptors (Lipinski definition) is 4. The molecule has 0 radical (unpaired) electrons. The zero-order valence-corrected chi connectivity index (χ0v) is 54.2. The molecule has 78 heavy (non-hydrogen) atoms. The monoisotopic (exact) mass is 1120 g/mol. The summed E-state index contributed by atoms with van der Waals surface area (Å²) in [5, 5.41) is 11.0. The predicted octanol–water partition coefficient (Wildman–Crippen LogP) is 24.7. The van der Waals surface area contributed by atoms with E-state index in [0.717, 1.165) is 38.5 Å². The van der Waals surface area contributed by atoms with Crippen molar-refractivity contribution in [3.63, 3.8) is 0 Å². The van der Waals surface area contributed by atoms with E-state index in [1.807, 2.05) is 0 Å². The first kappa shape index (κ1) is 77.0. The Kier molecular flexibility index (Phi) is 62.9. The average molecular weight is 1120 g/mol. The lowest BCUT2D eigenvalue weighted by atomic mass is 10.0. The van der Waals surface area contributed by atoms with Crippen molar-refractivity contribution in [1.29, 1.82) is 0 Å². The molecule has 0 aliphatic rings. The fourth-order valence-electron chi connectivity index (χ4n) is 11.8. The SMILES string of the molecule is CCCCCCCCCCCCCCCCCCCCC/C=C/[N+](/C=C/CCCCCCCCCCCCCCCCCCCCC)(/C=C/CCCCCCCCCCCCCCCCCCCCC)CC(O)CS(=O)(=O)[O-]. The third-order valence-corrected chi connectivity index (χ3v) is 17.8. The summed E-state index contributed by atoms with van der Waals surface area (Å²) in [6.45, 7) is 7.05. The van der Waals surface area contributed by atoms with Crippen LogP contribution in [0.25, 0.3) is 0 Å². The number of nitrogens with zero attached hydrogens (tertiary/aromatic N) is 1. The molecule has 0 heterocycles. The maximum Gasteiger partial charge on any atom is 0.119 e. The van der Waals surface area contributed by atoms with Crippen LogP contribution in [-0.2, 0) is 10.1 Å². The van der Waals surface area contributed by atoms with Crippen molar-refractivity contribution in [2.75, 3.05) is 12.3 Å². The minimum absolute atomic E-state index is 0.155. The molecule has 0 rings (SSSR count). The summed E-state index contributed by atoms with van der Waals surface area (Å²) in [5.74, 6) is -0.750. The van der Waals surface area contributed by atoms with Crippen LogP contribution >= 0.6 is 0 Å². The summed E-state index contributed by atoms with van der Waals surface area (Å²) < 4.78 is 35.7. The molecule has 0 fully saturated rings. The summed E-state index contributed by atoms with van der Waals surface area (Å²) in [5.41, 5.74) is 0. The van der Waals surface area contributed by atoms with Gasteiger partial charge in [-0.25, -0.2) is 12.9 Å². The van der Waals surface area contributed by atoms with Gasteiger partial charge in [0, 0.05) is 0 Å². The summed E-state index contributed by atoms with van der Waals surface area (Å²) >= 11 is 0. The molecular formula is C72H141NO4S. The van der Waals surface area contributed by atoms with Gasteiger partial charge in [-0.2, -0.15) is 0 Å². The second kappa shape index (κ2) is 63.6. The van der Waals surface area contributed by atoms with E-state index in [2.05, 4.69) is 57.6 Å². The van der Waals surface area contributed by atoms with Crippen LogP contribution in [-0.4, -0.2) is 41.0 Å². The van der Waals surface area contributed by atoms with E-state index in [9.17, 15) is 18.1 Å². The predicted molar refractivity (Wildman–Crippen MR) is 347 cm³/mol. The second-order valence-electron chi connectivity index (χ2n) is 25.2. The lowest BCUT2D eigenvalue weighted by Gasteiger charge is -2.29. The number of hydrogen-bond donors (Lipinski definition) is 1. The Morgan fingerprint density at radius 1 is 0.295 bits per heavy atom. The van der Waals surface area contributed by atoms with Gasteiger partial charge in [-0.3, -0.25) is 0 Å². The molecular weight excluding hydrogens is 975 g/mol. The first-order chi connectivity index (χ1) is 38.3. The number of unbranched alkanes of at least 4 members (excludes halogenated alkanes) is 57. The van der Waals surface area contributed by atoms with Gasteiger partial charge in [-0.1, -0.05) is 367 Å². The Balaban J connectivity index is 4.88. The van der Waals surface area contributed by atoms with Crippen molar-refractivity contribution in [3.05, 3.63) is 36.8 Å². The lowest BCUT2D eigenvalue weighted by molar-refractivity contribution is -0.777. The number of aliphatic hydroxyl groups is 1. The van der Waals surface area contributed by atoms with Gasteiger partial charge in [-0.15, -0.1) is 0 Å². The van der Waals surface area contributed by atoms with Crippen LogP contribution in [0.2, 0.25) is 0 Å². The Morgan fingerprint density at radius 3 is 0.603 bits per heavy atom. The molecule has 1 atom stereocenters. The topological polar surface area (TPSA) is 77.4 Å². The first-order valence-electron chi connectivity index (χ1n) is 35.8. The van der Waals surface area contributed by atoms with Gasteiger partial charge >= 0.3 is 0 Å². The van der Waals surface area contributed by atoms with E-state index < -0.39 is 22.0 Å². The summed E-state index contributed by atoms with van der Waals surface area (Å²) in [6, 6.07) is 0. The van der Waals surface area contributed by atoms with Crippen molar-refractivity contribution in [3.8, 4) is 0 Å². The molecule has 0 aromatic carbocycles. The van der Waals surface area contributed by atoms with Crippen LogP contribution in [0.5, 0.6) is 0 Å². The highest BCUT2D eigenvalue weighted by molar-refractivity contribution is 7.85. The molecule has 5 nitrogen and oxygen atoms in total. The molecule has 6 heteroatoms. The van der Waals surface area contributed by atoms with Crippen LogP contribution in [0.4, 0.5) is 0 Å². The van der Waals surface area contributed by atoms with Crippen molar-refractivity contribution >= 4 is 10.1 Å². The maximum absolute atomic E-state index is 11.8. The van der Waals surface area contributed by atoms with E-state index in [1.54, 1.807) is 0 Å². The summed E-state index contributed by atoms with van der Waals surface area (Å²) in [7, 11) is -4.55. The summed E-state index contributed by atoms with van der Waals surface area (Å²) in [4.78, 5) is 0. The smallest absolute Gasteiger partial charge is 0.119 e. The van der Waals surface area contributed by atoms with Crippen molar-refractivity contribution < 1.29 is 22.6 Å².